The highest BCUT2D eigenvalue weighted by atomic mass is 16.7. The summed E-state index contributed by atoms with van der Waals surface area (Å²) in [5, 5.41) is 13.6. The number of benzene rings is 5. The number of fused-ring (bicyclic) bond motifs is 1. The van der Waals surface area contributed by atoms with Crippen molar-refractivity contribution in [3.63, 3.8) is 0 Å². The summed E-state index contributed by atoms with van der Waals surface area (Å²) in [6.45, 7) is 2.03. The van der Waals surface area contributed by atoms with Crippen molar-refractivity contribution in [2.75, 3.05) is 0 Å². The Bertz CT molecular complexity index is 1660. The van der Waals surface area contributed by atoms with Crippen molar-refractivity contribution >= 4 is 0 Å². The van der Waals surface area contributed by atoms with Crippen LogP contribution in [-0.4, -0.2) is 20.2 Å². The average molecular weight is 523 g/mol. The highest BCUT2D eigenvalue weighted by molar-refractivity contribution is 5.53. The third-order valence-electron chi connectivity index (χ3n) is 7.42. The van der Waals surface area contributed by atoms with Gasteiger partial charge in [0, 0.05) is 5.56 Å². The van der Waals surface area contributed by atoms with Crippen LogP contribution in [0.15, 0.2) is 140 Å². The molecule has 7 rings (SSSR count). The van der Waals surface area contributed by atoms with Gasteiger partial charge >= 0.3 is 5.79 Å². The topological polar surface area (TPSA) is 62.1 Å². The summed E-state index contributed by atoms with van der Waals surface area (Å²) in [6, 6.07) is 46.7. The first-order valence-corrected chi connectivity index (χ1v) is 13.2. The van der Waals surface area contributed by atoms with Crippen LogP contribution in [0.2, 0.25) is 0 Å². The maximum Gasteiger partial charge on any atom is 0.342 e. The first kappa shape index (κ1) is 23.9. The molecule has 40 heavy (non-hydrogen) atoms. The average Bonchev–Trinajstić information content (AvgIpc) is 3.66. The van der Waals surface area contributed by atoms with Gasteiger partial charge in [-0.05, 0) is 51.7 Å². The molecule has 194 valence electrons. The summed E-state index contributed by atoms with van der Waals surface area (Å²) in [6.07, 6.45) is 0. The zero-order chi connectivity index (χ0) is 27.0. The van der Waals surface area contributed by atoms with Crippen LogP contribution in [0, 0.1) is 6.92 Å². The van der Waals surface area contributed by atoms with E-state index in [1.54, 1.807) is 0 Å². The van der Waals surface area contributed by atoms with Crippen molar-refractivity contribution in [1.82, 2.24) is 20.2 Å². The molecular formula is C34H26N4O2. The lowest BCUT2D eigenvalue weighted by Gasteiger charge is -2.38. The summed E-state index contributed by atoms with van der Waals surface area (Å²) in [5.74, 6) is 0.269. The third kappa shape index (κ3) is 3.61. The highest BCUT2D eigenvalue weighted by Gasteiger charge is 2.54. The number of tetrazole rings is 1. The number of nitrogens with zero attached hydrogens (tertiary/aromatic N) is 4. The minimum Gasteiger partial charge on any atom is -0.438 e. The maximum absolute atomic E-state index is 6.76. The van der Waals surface area contributed by atoms with Crippen LogP contribution < -0.4 is 9.47 Å². The minimum absolute atomic E-state index is 0.420. The predicted octanol–water partition coefficient (Wildman–Crippen LogP) is 6.49. The van der Waals surface area contributed by atoms with Crippen LogP contribution in [-0.2, 0) is 11.3 Å². The van der Waals surface area contributed by atoms with Gasteiger partial charge in [-0.15, -0.1) is 5.10 Å². The van der Waals surface area contributed by atoms with Gasteiger partial charge in [-0.3, -0.25) is 0 Å². The first-order chi connectivity index (χ1) is 19.7. The number of hydrogen-bond donors (Lipinski definition) is 0. The van der Waals surface area contributed by atoms with Crippen LogP contribution >= 0.6 is 0 Å². The Kier molecular flexibility index (Phi) is 5.67. The Morgan fingerprint density at radius 2 is 1.10 bits per heavy atom. The third-order valence-corrected chi connectivity index (χ3v) is 7.42. The summed E-state index contributed by atoms with van der Waals surface area (Å²) < 4.78 is 15.4. The number of rotatable bonds is 6. The second kappa shape index (κ2) is 9.50. The molecular weight excluding hydrogens is 496 g/mol. The largest absolute Gasteiger partial charge is 0.438 e. The van der Waals surface area contributed by atoms with Crippen LogP contribution in [0.4, 0.5) is 0 Å². The fraction of sp³-hybridized carbons (Fsp3) is 0.0882. The molecule has 1 aromatic heterocycles. The van der Waals surface area contributed by atoms with Crippen molar-refractivity contribution in [3.8, 4) is 11.5 Å². The zero-order valence-corrected chi connectivity index (χ0v) is 21.9. The van der Waals surface area contributed by atoms with E-state index in [0.29, 0.717) is 17.3 Å². The van der Waals surface area contributed by atoms with Crippen molar-refractivity contribution in [2.24, 2.45) is 0 Å². The quantitative estimate of drug-likeness (QED) is 0.234. The Morgan fingerprint density at radius 1 is 0.600 bits per heavy atom. The van der Waals surface area contributed by atoms with E-state index in [-0.39, 0.29) is 0 Å². The Hall–Kier alpha value is -5.23. The van der Waals surface area contributed by atoms with Crippen LogP contribution in [0.3, 0.4) is 0 Å². The van der Waals surface area contributed by atoms with E-state index in [2.05, 4.69) is 46.7 Å². The van der Waals surface area contributed by atoms with E-state index in [1.165, 1.54) is 0 Å². The van der Waals surface area contributed by atoms with E-state index >= 15 is 0 Å². The van der Waals surface area contributed by atoms with E-state index in [9.17, 15) is 0 Å². The summed E-state index contributed by atoms with van der Waals surface area (Å²) in [5.41, 5.74) is 3.89. The molecule has 0 saturated carbocycles. The maximum atomic E-state index is 6.76. The molecule has 2 heterocycles. The van der Waals surface area contributed by atoms with E-state index in [0.717, 1.165) is 27.8 Å². The Labute approximate surface area is 232 Å². The second-order valence-electron chi connectivity index (χ2n) is 9.86. The summed E-state index contributed by atoms with van der Waals surface area (Å²) in [4.78, 5) is 0. The smallest absolute Gasteiger partial charge is 0.342 e. The van der Waals surface area contributed by atoms with Gasteiger partial charge in [-0.25, -0.2) is 4.68 Å². The van der Waals surface area contributed by atoms with Gasteiger partial charge in [0.25, 0.3) is 0 Å². The number of aromatic nitrogens is 4. The highest BCUT2D eigenvalue weighted by Crippen LogP contribution is 2.49. The monoisotopic (exact) mass is 522 g/mol. The normalized spacial score (nSPS) is 16.1. The Morgan fingerprint density at radius 3 is 1.65 bits per heavy atom. The molecule has 0 fully saturated rings. The minimum atomic E-state index is -1.43. The van der Waals surface area contributed by atoms with Gasteiger partial charge in [-0.1, -0.05) is 127 Å². The Balaban J connectivity index is 1.57. The molecule has 0 radical (unpaired) electrons. The second-order valence-corrected chi connectivity index (χ2v) is 9.86. The molecule has 6 heteroatoms. The van der Waals surface area contributed by atoms with Crippen LogP contribution in [0.25, 0.3) is 0 Å². The number of ether oxygens (including phenoxy) is 2. The van der Waals surface area contributed by atoms with Crippen molar-refractivity contribution in [3.05, 3.63) is 173 Å². The van der Waals surface area contributed by atoms with Crippen molar-refractivity contribution in [2.45, 2.75) is 18.2 Å². The molecule has 6 nitrogen and oxygen atoms in total. The van der Waals surface area contributed by atoms with Gasteiger partial charge in [0.15, 0.2) is 11.5 Å². The molecule has 1 unspecified atom stereocenters. The molecule has 0 N–H and O–H groups in total. The number of hydrogen-bond acceptors (Lipinski definition) is 5. The molecule has 0 aliphatic carbocycles. The lowest BCUT2D eigenvalue weighted by Crippen LogP contribution is -2.47. The molecule has 1 aliphatic heterocycles. The molecule has 6 aromatic rings. The van der Waals surface area contributed by atoms with Crippen molar-refractivity contribution in [1.29, 1.82) is 0 Å². The van der Waals surface area contributed by atoms with E-state index in [4.69, 9.17) is 14.7 Å². The SMILES string of the molecule is Cc1ccc2c(c1)OC(c1ccccc1)(c1nnnn1C(c1ccccc1)(c1ccccc1)c1ccccc1)O2. The molecule has 0 saturated heterocycles. The lowest BCUT2D eigenvalue weighted by molar-refractivity contribution is -0.0588. The van der Waals surface area contributed by atoms with Gasteiger partial charge in [0.05, 0.1) is 0 Å². The molecule has 1 atom stereocenters. The molecule has 1 aliphatic rings. The summed E-state index contributed by atoms with van der Waals surface area (Å²) in [7, 11) is 0. The van der Waals surface area contributed by atoms with Crippen LogP contribution in [0.1, 0.15) is 33.6 Å². The first-order valence-electron chi connectivity index (χ1n) is 13.2. The molecule has 0 bridgehead atoms. The van der Waals surface area contributed by atoms with E-state index < -0.39 is 11.3 Å². The lowest BCUT2D eigenvalue weighted by atomic mass is 9.76. The van der Waals surface area contributed by atoms with Crippen LogP contribution in [0.5, 0.6) is 11.5 Å². The molecule has 0 spiro atoms. The van der Waals surface area contributed by atoms with Crippen molar-refractivity contribution < 1.29 is 9.47 Å². The fourth-order valence-corrected chi connectivity index (χ4v) is 5.63. The fourth-order valence-electron chi connectivity index (χ4n) is 5.63. The predicted molar refractivity (Wildman–Crippen MR) is 152 cm³/mol. The standard InChI is InChI=1S/C34H26N4O2/c1-25-22-23-30-31(24-25)40-34(39-30,29-20-12-5-13-21-29)32-35-36-37-38(32)33(26-14-6-2-7-15-26,27-16-8-3-9-17-27)28-18-10-4-11-19-28/h2-24H,1H3. The van der Waals surface area contributed by atoms with Gasteiger partial charge in [0.1, 0.15) is 5.54 Å². The van der Waals surface area contributed by atoms with Gasteiger partial charge in [0.2, 0.25) is 5.82 Å². The summed E-state index contributed by atoms with van der Waals surface area (Å²) >= 11 is 0. The number of aryl methyl sites for hydroxylation is 1. The van der Waals surface area contributed by atoms with Gasteiger partial charge < -0.3 is 9.47 Å². The molecule has 5 aromatic carbocycles. The molecule has 0 amide bonds. The van der Waals surface area contributed by atoms with E-state index in [1.807, 2.05) is 115 Å². The van der Waals surface area contributed by atoms with Gasteiger partial charge in [-0.2, -0.15) is 0 Å². The zero-order valence-electron chi connectivity index (χ0n) is 21.9.